The Labute approximate surface area is 110 Å². The van der Waals surface area contributed by atoms with E-state index in [0.717, 1.165) is 0 Å². The molecule has 2 aromatic carbocycles. The van der Waals surface area contributed by atoms with Crippen LogP contribution in [0, 0.1) is 0 Å². The van der Waals surface area contributed by atoms with Crippen molar-refractivity contribution in [3.8, 4) is 23.5 Å². The van der Waals surface area contributed by atoms with Gasteiger partial charge in [0.05, 0.1) is 0 Å². The Morgan fingerprint density at radius 2 is 1.32 bits per heavy atom. The van der Waals surface area contributed by atoms with Crippen LogP contribution < -0.4 is 9.47 Å². The summed E-state index contributed by atoms with van der Waals surface area (Å²) >= 11 is 0. The van der Waals surface area contributed by atoms with E-state index in [1.165, 1.54) is 6.20 Å². The fourth-order valence-corrected chi connectivity index (χ4v) is 1.53. The monoisotopic (exact) mass is 253 g/mol. The first-order valence-corrected chi connectivity index (χ1v) is 5.82. The first kappa shape index (κ1) is 11.3. The van der Waals surface area contributed by atoms with Crippen molar-refractivity contribution in [2.24, 2.45) is 0 Å². The minimum Gasteiger partial charge on any atom is -0.425 e. The van der Waals surface area contributed by atoms with Crippen LogP contribution in [0.3, 0.4) is 0 Å². The number of nitrogens with zero attached hydrogens (tertiary/aromatic N) is 1. The maximum atomic E-state index is 5.49. The third-order valence-corrected chi connectivity index (χ3v) is 2.37. The van der Waals surface area contributed by atoms with Gasteiger partial charge in [0.1, 0.15) is 17.7 Å². The molecule has 4 heteroatoms. The van der Waals surface area contributed by atoms with Crippen LogP contribution in [-0.4, -0.2) is 4.98 Å². The summed E-state index contributed by atoms with van der Waals surface area (Å²) in [5.41, 5.74) is 0. The Bertz CT molecular complexity index is 579. The van der Waals surface area contributed by atoms with Crippen LogP contribution in [0.5, 0.6) is 23.5 Å². The van der Waals surface area contributed by atoms with Crippen molar-refractivity contribution < 1.29 is 13.9 Å². The largest absolute Gasteiger partial charge is 0.425 e. The zero-order chi connectivity index (χ0) is 12.9. The molecule has 0 aliphatic carbocycles. The second kappa shape index (κ2) is 5.27. The SMILES string of the molecule is c1ccc(Oc2cnc(Oc3ccccc3)o2)cc1. The predicted octanol–water partition coefficient (Wildman–Crippen LogP) is 4.26. The smallest absolute Gasteiger partial charge is 0.402 e. The molecule has 0 fully saturated rings. The lowest BCUT2D eigenvalue weighted by molar-refractivity contribution is 0.276. The van der Waals surface area contributed by atoms with E-state index < -0.39 is 0 Å². The first-order valence-electron chi connectivity index (χ1n) is 5.82. The average molecular weight is 253 g/mol. The molecule has 4 nitrogen and oxygen atoms in total. The number of hydrogen-bond donors (Lipinski definition) is 0. The third kappa shape index (κ3) is 2.93. The summed E-state index contributed by atoms with van der Waals surface area (Å²) in [5.74, 6) is 1.64. The molecular weight excluding hydrogens is 242 g/mol. The molecule has 0 radical (unpaired) electrons. The lowest BCUT2D eigenvalue weighted by Crippen LogP contribution is -1.82. The second-order valence-electron chi connectivity index (χ2n) is 3.78. The molecule has 1 heterocycles. The number of ether oxygens (including phenoxy) is 2. The molecule has 0 aliphatic rings. The van der Waals surface area contributed by atoms with Gasteiger partial charge in [-0.05, 0) is 24.3 Å². The molecule has 0 amide bonds. The molecule has 0 atom stereocenters. The Morgan fingerprint density at radius 3 is 1.95 bits per heavy atom. The summed E-state index contributed by atoms with van der Waals surface area (Å²) in [5, 5.41) is 0. The Hall–Kier alpha value is -2.75. The van der Waals surface area contributed by atoms with E-state index in [9.17, 15) is 0 Å². The lowest BCUT2D eigenvalue weighted by Gasteiger charge is -2.00. The van der Waals surface area contributed by atoms with Crippen LogP contribution in [0.4, 0.5) is 0 Å². The Balaban J connectivity index is 1.70. The van der Waals surface area contributed by atoms with E-state index >= 15 is 0 Å². The van der Waals surface area contributed by atoms with Gasteiger partial charge < -0.3 is 13.9 Å². The molecule has 0 bridgehead atoms. The normalized spacial score (nSPS) is 10.1. The fraction of sp³-hybridized carbons (Fsp3) is 0. The molecule has 19 heavy (non-hydrogen) atoms. The van der Waals surface area contributed by atoms with Gasteiger partial charge in [0, 0.05) is 0 Å². The van der Waals surface area contributed by atoms with E-state index in [-0.39, 0.29) is 12.0 Å². The minimum absolute atomic E-state index is 0.150. The minimum atomic E-state index is 0.150. The van der Waals surface area contributed by atoms with Crippen LogP contribution in [0.15, 0.2) is 71.3 Å². The summed E-state index contributed by atoms with van der Waals surface area (Å²) in [7, 11) is 0. The van der Waals surface area contributed by atoms with Crippen LogP contribution >= 0.6 is 0 Å². The predicted molar refractivity (Wildman–Crippen MR) is 69.5 cm³/mol. The van der Waals surface area contributed by atoms with E-state index in [2.05, 4.69) is 4.98 Å². The quantitative estimate of drug-likeness (QED) is 0.696. The van der Waals surface area contributed by atoms with Crippen molar-refractivity contribution in [1.29, 1.82) is 0 Å². The molecule has 0 unspecified atom stereocenters. The topological polar surface area (TPSA) is 44.5 Å². The highest BCUT2D eigenvalue weighted by Crippen LogP contribution is 2.27. The molecule has 1 aromatic heterocycles. The van der Waals surface area contributed by atoms with Gasteiger partial charge in [-0.25, -0.2) is 0 Å². The Morgan fingerprint density at radius 1 is 0.737 bits per heavy atom. The zero-order valence-corrected chi connectivity index (χ0v) is 10.0. The lowest BCUT2D eigenvalue weighted by atomic mass is 10.3. The highest BCUT2D eigenvalue weighted by Gasteiger charge is 2.07. The number of hydrogen-bond acceptors (Lipinski definition) is 4. The standard InChI is InChI=1S/C15H11NO3/c1-3-7-12(8-4-1)17-14-11-16-15(19-14)18-13-9-5-2-6-10-13/h1-11H. The molecule has 0 spiro atoms. The van der Waals surface area contributed by atoms with E-state index in [4.69, 9.17) is 13.9 Å². The summed E-state index contributed by atoms with van der Waals surface area (Å²) in [6.45, 7) is 0. The summed E-state index contributed by atoms with van der Waals surface area (Å²) in [6.07, 6.45) is 1.63. The van der Waals surface area contributed by atoms with Crippen molar-refractivity contribution >= 4 is 0 Å². The first-order chi connectivity index (χ1) is 9.40. The van der Waals surface area contributed by atoms with Crippen LogP contribution in [0.2, 0.25) is 0 Å². The maximum absolute atomic E-state index is 5.49. The average Bonchev–Trinajstić information content (AvgIpc) is 2.88. The van der Waals surface area contributed by atoms with Crippen molar-refractivity contribution in [1.82, 2.24) is 4.98 Å². The number of oxazole rings is 1. The molecule has 94 valence electrons. The fourth-order valence-electron chi connectivity index (χ4n) is 1.53. The highest BCUT2D eigenvalue weighted by atomic mass is 16.7. The van der Waals surface area contributed by atoms with E-state index in [0.29, 0.717) is 11.5 Å². The van der Waals surface area contributed by atoms with Crippen LogP contribution in [-0.2, 0) is 0 Å². The molecule has 3 rings (SSSR count). The van der Waals surface area contributed by atoms with Crippen LogP contribution in [0.1, 0.15) is 0 Å². The molecule has 0 saturated heterocycles. The van der Waals surface area contributed by atoms with Crippen molar-refractivity contribution in [2.75, 3.05) is 0 Å². The number of aromatic nitrogens is 1. The van der Waals surface area contributed by atoms with Crippen molar-refractivity contribution in [3.63, 3.8) is 0 Å². The summed E-state index contributed by atoms with van der Waals surface area (Å²) < 4.78 is 16.3. The van der Waals surface area contributed by atoms with Crippen LogP contribution in [0.25, 0.3) is 0 Å². The maximum Gasteiger partial charge on any atom is 0.402 e. The van der Waals surface area contributed by atoms with Gasteiger partial charge in [-0.2, -0.15) is 4.98 Å². The third-order valence-electron chi connectivity index (χ3n) is 2.37. The van der Waals surface area contributed by atoms with Crippen molar-refractivity contribution in [2.45, 2.75) is 0 Å². The van der Waals surface area contributed by atoms with Crippen molar-refractivity contribution in [3.05, 3.63) is 66.9 Å². The molecule has 0 N–H and O–H groups in total. The zero-order valence-electron chi connectivity index (χ0n) is 10.0. The number of benzene rings is 2. The van der Waals surface area contributed by atoms with Gasteiger partial charge in [-0.1, -0.05) is 36.4 Å². The molecule has 0 saturated carbocycles. The molecule has 0 aliphatic heterocycles. The Kier molecular flexibility index (Phi) is 3.14. The van der Waals surface area contributed by atoms with Gasteiger partial charge in [-0.15, -0.1) is 0 Å². The number of rotatable bonds is 4. The van der Waals surface area contributed by atoms with E-state index in [1.807, 2.05) is 60.7 Å². The van der Waals surface area contributed by atoms with Gasteiger partial charge in [-0.3, -0.25) is 0 Å². The number of para-hydroxylation sites is 2. The summed E-state index contributed by atoms with van der Waals surface area (Å²) in [6, 6.07) is 18.6. The van der Waals surface area contributed by atoms with Gasteiger partial charge in [0.25, 0.3) is 0 Å². The summed E-state index contributed by atoms with van der Waals surface area (Å²) in [4.78, 5) is 3.99. The molecule has 3 aromatic rings. The van der Waals surface area contributed by atoms with E-state index in [1.54, 1.807) is 0 Å². The highest BCUT2D eigenvalue weighted by molar-refractivity contribution is 5.26. The molecular formula is C15H11NO3. The van der Waals surface area contributed by atoms with Gasteiger partial charge >= 0.3 is 12.0 Å². The van der Waals surface area contributed by atoms with Gasteiger partial charge in [0.2, 0.25) is 0 Å². The van der Waals surface area contributed by atoms with Gasteiger partial charge in [0.15, 0.2) is 0 Å². The second-order valence-corrected chi connectivity index (χ2v) is 3.78.